The predicted octanol–water partition coefficient (Wildman–Crippen LogP) is 2.48. The molecule has 3 aromatic rings. The molecule has 0 unspecified atom stereocenters. The van der Waals surface area contributed by atoms with Gasteiger partial charge in [0.1, 0.15) is 0 Å². The van der Waals surface area contributed by atoms with Crippen molar-refractivity contribution in [3.05, 3.63) is 58.7 Å². The number of hydrogen-bond acceptors (Lipinski definition) is 6. The second-order valence-corrected chi connectivity index (χ2v) is 5.96. The van der Waals surface area contributed by atoms with E-state index in [1.165, 1.54) is 11.4 Å². The first kappa shape index (κ1) is 16.8. The molecule has 0 saturated carbocycles. The van der Waals surface area contributed by atoms with Crippen molar-refractivity contribution >= 4 is 17.5 Å². The molecule has 7 heteroatoms. The molecule has 0 saturated heterocycles. The third kappa shape index (κ3) is 3.40. The number of rotatable bonds is 4. The maximum absolute atomic E-state index is 12.4. The molecule has 0 radical (unpaired) electrons. The van der Waals surface area contributed by atoms with Crippen LogP contribution in [0.3, 0.4) is 0 Å². The van der Waals surface area contributed by atoms with Gasteiger partial charge in [0.05, 0.1) is 0 Å². The smallest absolute Gasteiger partial charge is 0.379 e. The highest BCUT2D eigenvalue weighted by molar-refractivity contribution is 6.01. The number of esters is 1. The number of ether oxygens (including phenoxy) is 1. The molecule has 7 nitrogen and oxygen atoms in total. The van der Waals surface area contributed by atoms with Crippen molar-refractivity contribution in [3.8, 4) is 0 Å². The Morgan fingerprint density at radius 1 is 1.08 bits per heavy atom. The van der Waals surface area contributed by atoms with Crippen molar-refractivity contribution in [1.82, 2.24) is 19.6 Å². The minimum absolute atomic E-state index is 0.121. The molecule has 0 fully saturated rings. The summed E-state index contributed by atoms with van der Waals surface area (Å²) in [5, 5.41) is 4.11. The lowest BCUT2D eigenvalue weighted by Gasteiger charge is -2.11. The van der Waals surface area contributed by atoms with E-state index in [2.05, 4.69) is 15.1 Å². The van der Waals surface area contributed by atoms with Gasteiger partial charge < -0.3 is 4.74 Å². The lowest BCUT2D eigenvalue weighted by atomic mass is 10.1. The third-order valence-electron chi connectivity index (χ3n) is 3.79. The number of aromatic nitrogens is 4. The molecule has 128 valence electrons. The summed E-state index contributed by atoms with van der Waals surface area (Å²) < 4.78 is 6.70. The number of benzene rings is 1. The van der Waals surface area contributed by atoms with Gasteiger partial charge in [-0.15, -0.1) is 5.10 Å². The van der Waals surface area contributed by atoms with Gasteiger partial charge in [0, 0.05) is 17.0 Å². The van der Waals surface area contributed by atoms with Crippen LogP contribution in [0.4, 0.5) is 0 Å². The monoisotopic (exact) mass is 338 g/mol. The van der Waals surface area contributed by atoms with Crippen LogP contribution in [-0.4, -0.2) is 37.4 Å². The number of hydrogen-bond donors (Lipinski definition) is 0. The van der Waals surface area contributed by atoms with Gasteiger partial charge in [-0.2, -0.15) is 4.98 Å². The van der Waals surface area contributed by atoms with E-state index in [4.69, 9.17) is 4.74 Å². The van der Waals surface area contributed by atoms with Crippen LogP contribution in [0.5, 0.6) is 0 Å². The van der Waals surface area contributed by atoms with Gasteiger partial charge in [0.25, 0.3) is 11.6 Å². The first-order valence-corrected chi connectivity index (χ1v) is 7.88. The van der Waals surface area contributed by atoms with E-state index in [1.54, 1.807) is 12.1 Å². The maximum Gasteiger partial charge on any atom is 0.379 e. The molecule has 0 amide bonds. The Morgan fingerprint density at radius 3 is 2.44 bits per heavy atom. The van der Waals surface area contributed by atoms with Gasteiger partial charge in [-0.3, -0.25) is 4.79 Å². The molecular weight excluding hydrogens is 320 g/mol. The second kappa shape index (κ2) is 6.43. The molecule has 2 heterocycles. The molecule has 2 aromatic heterocycles. The molecule has 0 bridgehead atoms. The Hall–Kier alpha value is -3.09. The van der Waals surface area contributed by atoms with Gasteiger partial charge in [-0.25, -0.2) is 14.3 Å². The molecule has 0 aliphatic carbocycles. The van der Waals surface area contributed by atoms with E-state index >= 15 is 0 Å². The summed E-state index contributed by atoms with van der Waals surface area (Å²) in [4.78, 5) is 32.9. The van der Waals surface area contributed by atoms with Crippen LogP contribution in [0.1, 0.15) is 44.9 Å². The van der Waals surface area contributed by atoms with E-state index < -0.39 is 12.1 Å². The van der Waals surface area contributed by atoms with Crippen LogP contribution < -0.4 is 0 Å². The molecule has 0 aliphatic heterocycles. The van der Waals surface area contributed by atoms with Gasteiger partial charge in [-0.1, -0.05) is 29.8 Å². The van der Waals surface area contributed by atoms with Crippen LogP contribution in [-0.2, 0) is 4.74 Å². The van der Waals surface area contributed by atoms with Gasteiger partial charge in [0.15, 0.2) is 6.10 Å². The zero-order chi connectivity index (χ0) is 18.1. The van der Waals surface area contributed by atoms with Crippen LogP contribution >= 0.6 is 0 Å². The average Bonchev–Trinajstić information content (AvgIpc) is 2.99. The Morgan fingerprint density at radius 2 is 1.76 bits per heavy atom. The summed E-state index contributed by atoms with van der Waals surface area (Å²) in [6, 6.07) is 8.92. The number of ketones is 1. The summed E-state index contributed by atoms with van der Waals surface area (Å²) in [5.41, 5.74) is 3.12. The Balaban J connectivity index is 1.78. The van der Waals surface area contributed by atoms with Crippen molar-refractivity contribution in [2.45, 2.75) is 33.8 Å². The van der Waals surface area contributed by atoms with Crippen LogP contribution in [0.25, 0.3) is 5.78 Å². The summed E-state index contributed by atoms with van der Waals surface area (Å²) in [5.74, 6) is -0.829. The summed E-state index contributed by atoms with van der Waals surface area (Å²) in [6.45, 7) is 7.14. The van der Waals surface area contributed by atoms with E-state index in [-0.39, 0.29) is 11.6 Å². The zero-order valence-corrected chi connectivity index (χ0v) is 14.5. The minimum atomic E-state index is -0.933. The Kier molecular flexibility index (Phi) is 4.31. The van der Waals surface area contributed by atoms with E-state index in [9.17, 15) is 9.59 Å². The lowest BCUT2D eigenvalue weighted by molar-refractivity contribution is 0.0307. The zero-order valence-electron chi connectivity index (χ0n) is 14.5. The number of nitrogens with zero attached hydrogens (tertiary/aromatic N) is 4. The molecule has 25 heavy (non-hydrogen) atoms. The van der Waals surface area contributed by atoms with Crippen molar-refractivity contribution in [2.75, 3.05) is 0 Å². The van der Waals surface area contributed by atoms with Crippen LogP contribution in [0.15, 0.2) is 30.3 Å². The Labute approximate surface area is 144 Å². The van der Waals surface area contributed by atoms with Crippen molar-refractivity contribution in [1.29, 1.82) is 0 Å². The van der Waals surface area contributed by atoms with Gasteiger partial charge in [0.2, 0.25) is 5.78 Å². The highest BCUT2D eigenvalue weighted by Gasteiger charge is 2.23. The molecule has 0 aliphatic rings. The topological polar surface area (TPSA) is 86.5 Å². The minimum Gasteiger partial charge on any atom is -0.448 e. The fourth-order valence-electron chi connectivity index (χ4n) is 2.47. The highest BCUT2D eigenvalue weighted by atomic mass is 16.5. The van der Waals surface area contributed by atoms with Gasteiger partial charge in [-0.05, 0) is 33.8 Å². The number of Topliss-reactive ketones (excluding diaryl/α,β-unsaturated/α-hetero) is 1. The lowest BCUT2D eigenvalue weighted by Crippen LogP contribution is -2.25. The number of aryl methyl sites for hydroxylation is 3. The molecule has 0 N–H and O–H groups in total. The van der Waals surface area contributed by atoms with Crippen molar-refractivity contribution < 1.29 is 14.3 Å². The SMILES string of the molecule is Cc1ccc(C(=O)[C@@H](C)OC(=O)c2nc3nc(C)cc(C)n3n2)cc1. The highest BCUT2D eigenvalue weighted by Crippen LogP contribution is 2.11. The maximum atomic E-state index is 12.4. The number of fused-ring (bicyclic) bond motifs is 1. The fourth-order valence-corrected chi connectivity index (χ4v) is 2.47. The first-order valence-electron chi connectivity index (χ1n) is 7.88. The summed E-state index contributed by atoms with van der Waals surface area (Å²) in [7, 11) is 0. The molecule has 1 atom stereocenters. The van der Waals surface area contributed by atoms with Crippen molar-refractivity contribution in [3.63, 3.8) is 0 Å². The average molecular weight is 338 g/mol. The van der Waals surface area contributed by atoms with E-state index in [0.717, 1.165) is 17.0 Å². The predicted molar refractivity (Wildman–Crippen MR) is 90.6 cm³/mol. The fraction of sp³-hybridized carbons (Fsp3) is 0.278. The third-order valence-corrected chi connectivity index (χ3v) is 3.79. The number of carbonyl (C=O) groups is 2. The van der Waals surface area contributed by atoms with Gasteiger partial charge >= 0.3 is 5.97 Å². The molecule has 0 spiro atoms. The molecule has 1 aromatic carbocycles. The second-order valence-electron chi connectivity index (χ2n) is 5.96. The largest absolute Gasteiger partial charge is 0.448 e. The summed E-state index contributed by atoms with van der Waals surface area (Å²) >= 11 is 0. The normalized spacial score (nSPS) is 12.2. The summed E-state index contributed by atoms with van der Waals surface area (Å²) in [6.07, 6.45) is -0.933. The van der Waals surface area contributed by atoms with E-state index in [1.807, 2.05) is 39.0 Å². The molecule has 3 rings (SSSR count). The van der Waals surface area contributed by atoms with Crippen molar-refractivity contribution in [2.24, 2.45) is 0 Å². The first-order chi connectivity index (χ1) is 11.8. The van der Waals surface area contributed by atoms with Crippen LogP contribution in [0.2, 0.25) is 0 Å². The van der Waals surface area contributed by atoms with E-state index in [0.29, 0.717) is 11.3 Å². The quantitative estimate of drug-likeness (QED) is 0.536. The standard InChI is InChI=1S/C18H18N4O3/c1-10-5-7-14(8-6-10)15(23)13(4)25-17(24)16-20-18-19-11(2)9-12(3)22(18)21-16/h5-9,13H,1-4H3/t13-/m1/s1. The number of carbonyl (C=O) groups excluding carboxylic acids is 2. The Bertz CT molecular complexity index is 960. The molecular formula is C18H18N4O3. The van der Waals surface area contributed by atoms with Crippen LogP contribution in [0, 0.1) is 20.8 Å².